The van der Waals surface area contributed by atoms with Crippen LogP contribution in [0.5, 0.6) is 0 Å². The van der Waals surface area contributed by atoms with E-state index in [1.165, 1.54) is 11.1 Å². The maximum absolute atomic E-state index is 6.12. The van der Waals surface area contributed by atoms with E-state index in [0.717, 1.165) is 17.7 Å². The molecule has 0 aromatic heterocycles. The molecule has 1 atom stereocenters. The molecule has 4 N–H and O–H groups in total. The van der Waals surface area contributed by atoms with Crippen molar-refractivity contribution in [3.63, 3.8) is 0 Å². The molecule has 16 heavy (non-hydrogen) atoms. The summed E-state index contributed by atoms with van der Waals surface area (Å²) in [6.45, 7) is 4.07. The molecule has 2 nitrogen and oxygen atoms in total. The molecular formula is C14H18N2. The van der Waals surface area contributed by atoms with Crippen molar-refractivity contribution in [3.8, 4) is 0 Å². The van der Waals surface area contributed by atoms with Crippen LogP contribution in [-0.4, -0.2) is 5.54 Å². The zero-order valence-electron chi connectivity index (χ0n) is 9.83. The Morgan fingerprint density at radius 2 is 2.06 bits per heavy atom. The number of hydrogen-bond acceptors (Lipinski definition) is 2. The van der Waals surface area contributed by atoms with Crippen molar-refractivity contribution in [2.24, 2.45) is 5.73 Å². The van der Waals surface area contributed by atoms with Gasteiger partial charge in [0.25, 0.3) is 0 Å². The quantitative estimate of drug-likeness (QED) is 0.706. The molecule has 0 heterocycles. The number of aryl methyl sites for hydroxylation is 1. The lowest BCUT2D eigenvalue weighted by Crippen LogP contribution is -2.34. The second kappa shape index (κ2) is 3.80. The molecule has 0 saturated carbocycles. The highest BCUT2D eigenvalue weighted by Gasteiger charge is 2.20. The lowest BCUT2D eigenvalue weighted by atomic mass is 9.85. The van der Waals surface area contributed by atoms with Crippen LogP contribution in [0.2, 0.25) is 0 Å². The van der Waals surface area contributed by atoms with Gasteiger partial charge in [-0.25, -0.2) is 0 Å². The summed E-state index contributed by atoms with van der Waals surface area (Å²) in [6, 6.07) is 6.14. The van der Waals surface area contributed by atoms with Gasteiger partial charge in [-0.2, -0.15) is 0 Å². The summed E-state index contributed by atoms with van der Waals surface area (Å²) in [5.74, 6) is 0. The monoisotopic (exact) mass is 214 g/mol. The first-order valence-corrected chi connectivity index (χ1v) is 5.52. The molecule has 0 amide bonds. The molecule has 1 unspecified atom stereocenters. The van der Waals surface area contributed by atoms with Gasteiger partial charge in [-0.15, -0.1) is 0 Å². The van der Waals surface area contributed by atoms with E-state index in [4.69, 9.17) is 11.5 Å². The molecule has 0 spiro atoms. The predicted octanol–water partition coefficient (Wildman–Crippen LogP) is 2.64. The van der Waals surface area contributed by atoms with Gasteiger partial charge >= 0.3 is 0 Å². The van der Waals surface area contributed by atoms with E-state index in [1.807, 2.05) is 32.1 Å². The Balaban J connectivity index is 2.35. The van der Waals surface area contributed by atoms with Crippen LogP contribution in [0, 0.1) is 6.92 Å². The van der Waals surface area contributed by atoms with Crippen molar-refractivity contribution in [2.75, 3.05) is 5.73 Å². The fourth-order valence-corrected chi connectivity index (χ4v) is 1.99. The highest BCUT2D eigenvalue weighted by molar-refractivity contribution is 5.71. The van der Waals surface area contributed by atoms with E-state index in [2.05, 4.69) is 18.2 Å². The van der Waals surface area contributed by atoms with Crippen molar-refractivity contribution in [2.45, 2.75) is 25.8 Å². The van der Waals surface area contributed by atoms with E-state index in [1.54, 1.807) is 0 Å². The molecule has 1 aromatic rings. The highest BCUT2D eigenvalue weighted by atomic mass is 14.7. The fraction of sp³-hybridized carbons (Fsp3) is 0.286. The topological polar surface area (TPSA) is 52.0 Å². The van der Waals surface area contributed by atoms with Crippen molar-refractivity contribution in [1.29, 1.82) is 0 Å². The van der Waals surface area contributed by atoms with Crippen LogP contribution in [0.25, 0.3) is 5.57 Å². The first-order valence-electron chi connectivity index (χ1n) is 5.52. The Bertz CT molecular complexity index is 468. The molecule has 0 bridgehead atoms. The van der Waals surface area contributed by atoms with Crippen LogP contribution in [-0.2, 0) is 0 Å². The second-order valence-electron chi connectivity index (χ2n) is 4.80. The zero-order chi connectivity index (χ0) is 11.8. The number of benzene rings is 1. The predicted molar refractivity (Wildman–Crippen MR) is 69.9 cm³/mol. The zero-order valence-corrected chi connectivity index (χ0v) is 9.83. The summed E-state index contributed by atoms with van der Waals surface area (Å²) in [6.07, 6.45) is 7.07. The first kappa shape index (κ1) is 11.0. The van der Waals surface area contributed by atoms with Crippen molar-refractivity contribution in [3.05, 3.63) is 47.6 Å². The summed E-state index contributed by atoms with van der Waals surface area (Å²) >= 11 is 0. The van der Waals surface area contributed by atoms with Gasteiger partial charge in [0.1, 0.15) is 0 Å². The molecular weight excluding hydrogens is 196 g/mol. The van der Waals surface area contributed by atoms with Crippen molar-refractivity contribution >= 4 is 11.3 Å². The normalized spacial score (nSPS) is 24.3. The van der Waals surface area contributed by atoms with Gasteiger partial charge in [0, 0.05) is 11.2 Å². The average Bonchev–Trinajstić information content (AvgIpc) is 2.20. The van der Waals surface area contributed by atoms with Gasteiger partial charge in [0.2, 0.25) is 0 Å². The largest absolute Gasteiger partial charge is 0.399 e. The minimum atomic E-state index is -0.237. The van der Waals surface area contributed by atoms with Crippen molar-refractivity contribution in [1.82, 2.24) is 0 Å². The number of nitrogens with two attached hydrogens (primary N) is 2. The van der Waals surface area contributed by atoms with E-state index in [9.17, 15) is 0 Å². The van der Waals surface area contributed by atoms with Crippen LogP contribution in [0.15, 0.2) is 36.4 Å². The maximum Gasteiger partial charge on any atom is 0.0354 e. The van der Waals surface area contributed by atoms with Crippen LogP contribution in [0.4, 0.5) is 5.69 Å². The molecule has 0 saturated heterocycles. The molecule has 2 rings (SSSR count). The molecule has 1 aromatic carbocycles. The second-order valence-corrected chi connectivity index (χ2v) is 4.80. The molecule has 1 aliphatic rings. The van der Waals surface area contributed by atoms with Crippen LogP contribution < -0.4 is 11.5 Å². The van der Waals surface area contributed by atoms with Crippen LogP contribution in [0.1, 0.15) is 24.5 Å². The Morgan fingerprint density at radius 1 is 1.31 bits per heavy atom. The van der Waals surface area contributed by atoms with E-state index in [0.29, 0.717) is 0 Å². The minimum absolute atomic E-state index is 0.237. The van der Waals surface area contributed by atoms with Crippen LogP contribution >= 0.6 is 0 Å². The number of allylic oxidation sites excluding steroid dienone is 2. The van der Waals surface area contributed by atoms with Gasteiger partial charge in [0.05, 0.1) is 0 Å². The van der Waals surface area contributed by atoms with Crippen LogP contribution in [0.3, 0.4) is 0 Å². The summed E-state index contributed by atoms with van der Waals surface area (Å²) in [5.41, 5.74) is 16.1. The van der Waals surface area contributed by atoms with Gasteiger partial charge in [-0.05, 0) is 49.1 Å². The van der Waals surface area contributed by atoms with E-state index >= 15 is 0 Å². The highest BCUT2D eigenvalue weighted by Crippen LogP contribution is 2.29. The Labute approximate surface area is 96.6 Å². The first-order chi connectivity index (χ1) is 7.48. The Morgan fingerprint density at radius 3 is 2.69 bits per heavy atom. The third-order valence-electron chi connectivity index (χ3n) is 2.99. The summed E-state index contributed by atoms with van der Waals surface area (Å²) in [7, 11) is 0. The summed E-state index contributed by atoms with van der Waals surface area (Å²) in [5, 5.41) is 0. The molecule has 0 radical (unpaired) electrons. The maximum atomic E-state index is 6.12. The summed E-state index contributed by atoms with van der Waals surface area (Å²) in [4.78, 5) is 0. The van der Waals surface area contributed by atoms with E-state index < -0.39 is 0 Å². The third-order valence-corrected chi connectivity index (χ3v) is 2.99. The third kappa shape index (κ3) is 2.17. The fourth-order valence-electron chi connectivity index (χ4n) is 1.99. The van der Waals surface area contributed by atoms with Gasteiger partial charge < -0.3 is 11.5 Å². The average molecular weight is 214 g/mol. The Hall–Kier alpha value is -1.54. The van der Waals surface area contributed by atoms with Gasteiger partial charge in [-0.3, -0.25) is 0 Å². The lowest BCUT2D eigenvalue weighted by molar-refractivity contribution is 0.598. The number of nitrogen functional groups attached to an aromatic ring is 1. The minimum Gasteiger partial charge on any atom is -0.399 e. The molecule has 0 fully saturated rings. The molecule has 2 heteroatoms. The standard InChI is InChI=1S/C14H18N2/c1-10-8-11(5-6-13(10)15)12-4-3-7-14(2,16)9-12/h3-8H,9,15-16H2,1-2H3. The summed E-state index contributed by atoms with van der Waals surface area (Å²) < 4.78 is 0. The van der Waals surface area contributed by atoms with Crippen molar-refractivity contribution < 1.29 is 0 Å². The SMILES string of the molecule is Cc1cc(C2=CC=CC(C)(N)C2)ccc1N. The number of hydrogen-bond donors (Lipinski definition) is 2. The number of rotatable bonds is 1. The smallest absolute Gasteiger partial charge is 0.0354 e. The van der Waals surface area contributed by atoms with Gasteiger partial charge in [0.15, 0.2) is 0 Å². The lowest BCUT2D eigenvalue weighted by Gasteiger charge is -2.25. The molecule has 84 valence electrons. The van der Waals surface area contributed by atoms with Gasteiger partial charge in [-0.1, -0.05) is 24.3 Å². The molecule has 0 aliphatic heterocycles. The number of anilines is 1. The Kier molecular flexibility index (Phi) is 2.60. The van der Waals surface area contributed by atoms with E-state index in [-0.39, 0.29) is 5.54 Å². The molecule has 1 aliphatic carbocycles.